The third-order valence-electron chi connectivity index (χ3n) is 2.99. The number of benzene rings is 1. The monoisotopic (exact) mass is 299 g/mol. The van der Waals surface area contributed by atoms with Gasteiger partial charge in [0, 0.05) is 19.0 Å². The number of amides is 1. The van der Waals surface area contributed by atoms with Gasteiger partial charge in [-0.1, -0.05) is 41.7 Å². The van der Waals surface area contributed by atoms with Gasteiger partial charge >= 0.3 is 0 Å². The number of carbonyl (C=O) groups excluding carboxylic acids is 1. The Bertz CT molecular complexity index is 694. The van der Waals surface area contributed by atoms with Crippen LogP contribution in [-0.2, 0) is 6.54 Å². The molecule has 1 aromatic heterocycles. The van der Waals surface area contributed by atoms with E-state index in [1.54, 1.807) is 23.4 Å². The van der Waals surface area contributed by atoms with Gasteiger partial charge in [-0.15, -0.1) is 11.3 Å². The molecule has 2 rings (SSSR count). The van der Waals surface area contributed by atoms with E-state index in [0.717, 1.165) is 10.4 Å². The first-order valence-corrected chi connectivity index (χ1v) is 7.47. The second-order valence-corrected chi connectivity index (χ2v) is 5.72. The van der Waals surface area contributed by atoms with E-state index in [1.807, 2.05) is 25.1 Å². The van der Waals surface area contributed by atoms with Gasteiger partial charge in [0.05, 0.1) is 10.4 Å². The van der Waals surface area contributed by atoms with Crippen LogP contribution in [0, 0.1) is 18.8 Å². The molecule has 4 heteroatoms. The van der Waals surface area contributed by atoms with E-state index in [0.29, 0.717) is 12.1 Å². The van der Waals surface area contributed by atoms with Gasteiger partial charge in [-0.25, -0.2) is 0 Å². The zero-order valence-corrected chi connectivity index (χ0v) is 12.9. The Morgan fingerprint density at radius 2 is 2.19 bits per heavy atom. The van der Waals surface area contributed by atoms with E-state index in [4.69, 9.17) is 5.11 Å². The normalized spacial score (nSPS) is 9.86. The first kappa shape index (κ1) is 15.3. The van der Waals surface area contributed by atoms with Crippen LogP contribution < -0.4 is 0 Å². The lowest BCUT2D eigenvalue weighted by Crippen LogP contribution is -2.25. The Kier molecular flexibility index (Phi) is 5.15. The number of hydrogen-bond acceptors (Lipinski definition) is 3. The molecule has 2 aromatic rings. The maximum atomic E-state index is 12.4. The number of aliphatic hydroxyl groups excluding tert-OH is 1. The van der Waals surface area contributed by atoms with Gasteiger partial charge in [0.25, 0.3) is 5.91 Å². The predicted octanol–water partition coefficient (Wildman–Crippen LogP) is 2.67. The number of aryl methyl sites for hydroxylation is 1. The van der Waals surface area contributed by atoms with Crippen molar-refractivity contribution in [2.24, 2.45) is 0 Å². The van der Waals surface area contributed by atoms with Crippen molar-refractivity contribution < 1.29 is 9.90 Å². The summed E-state index contributed by atoms with van der Waals surface area (Å²) in [6.07, 6.45) is 0. The van der Waals surface area contributed by atoms with Crippen molar-refractivity contribution in [1.82, 2.24) is 4.90 Å². The highest BCUT2D eigenvalue weighted by Crippen LogP contribution is 2.16. The Morgan fingerprint density at radius 3 is 2.90 bits per heavy atom. The summed E-state index contributed by atoms with van der Waals surface area (Å²) in [5.74, 6) is 5.37. The number of carbonyl (C=O) groups is 1. The van der Waals surface area contributed by atoms with Crippen molar-refractivity contribution in [2.45, 2.75) is 13.5 Å². The molecule has 0 unspecified atom stereocenters. The molecule has 1 amide bonds. The molecule has 0 bridgehead atoms. The van der Waals surface area contributed by atoms with E-state index in [9.17, 15) is 4.79 Å². The maximum Gasteiger partial charge on any atom is 0.254 e. The van der Waals surface area contributed by atoms with Crippen LogP contribution in [0.5, 0.6) is 0 Å². The van der Waals surface area contributed by atoms with Crippen LogP contribution >= 0.6 is 11.3 Å². The fourth-order valence-corrected chi connectivity index (χ4v) is 2.77. The lowest BCUT2D eigenvalue weighted by molar-refractivity contribution is 0.0785. The molecule has 0 saturated carbocycles. The number of hydrogen-bond donors (Lipinski definition) is 1. The molecule has 21 heavy (non-hydrogen) atoms. The smallest absolute Gasteiger partial charge is 0.254 e. The Labute approximate surface area is 128 Å². The van der Waals surface area contributed by atoms with Gasteiger partial charge in [-0.05, 0) is 18.6 Å². The van der Waals surface area contributed by atoms with Gasteiger partial charge in [0.1, 0.15) is 6.61 Å². The average Bonchev–Trinajstić information content (AvgIpc) is 2.93. The number of nitrogens with zero attached hydrogens (tertiary/aromatic N) is 1. The van der Waals surface area contributed by atoms with Crippen LogP contribution in [0.3, 0.4) is 0 Å². The van der Waals surface area contributed by atoms with Gasteiger partial charge in [0.15, 0.2) is 0 Å². The zero-order chi connectivity index (χ0) is 15.2. The molecule has 0 fully saturated rings. The molecule has 0 saturated heterocycles. The minimum Gasteiger partial charge on any atom is -0.384 e. The predicted molar refractivity (Wildman–Crippen MR) is 85.3 cm³/mol. The number of thiophene rings is 1. The standard InChI is InChI=1S/C17H17NO2S/c1-13-5-3-6-14(9-13)11-18(2)17(20)15-10-16(21-12-15)7-4-8-19/h3,5-6,9-10,12,19H,8,11H2,1-2H3. The summed E-state index contributed by atoms with van der Waals surface area (Å²) in [6, 6.07) is 9.90. The lowest BCUT2D eigenvalue weighted by Gasteiger charge is -2.16. The minimum absolute atomic E-state index is 0.0233. The highest BCUT2D eigenvalue weighted by molar-refractivity contribution is 7.10. The van der Waals surface area contributed by atoms with Gasteiger partial charge in [-0.2, -0.15) is 0 Å². The molecule has 0 atom stereocenters. The molecule has 1 heterocycles. The van der Waals surface area contributed by atoms with Crippen LogP contribution in [0.1, 0.15) is 26.4 Å². The SMILES string of the molecule is Cc1cccc(CN(C)C(=O)c2csc(C#CCO)c2)c1. The van der Waals surface area contributed by atoms with Crippen molar-refractivity contribution in [3.63, 3.8) is 0 Å². The molecule has 108 valence electrons. The number of rotatable bonds is 3. The molecule has 0 aliphatic carbocycles. The molecule has 3 nitrogen and oxygen atoms in total. The van der Waals surface area contributed by atoms with Gasteiger partial charge in [0.2, 0.25) is 0 Å². The first-order valence-electron chi connectivity index (χ1n) is 6.59. The molecule has 0 radical (unpaired) electrons. The largest absolute Gasteiger partial charge is 0.384 e. The molecular weight excluding hydrogens is 282 g/mol. The minimum atomic E-state index is -0.172. The molecule has 0 aliphatic heterocycles. The maximum absolute atomic E-state index is 12.4. The fraction of sp³-hybridized carbons (Fsp3) is 0.235. The lowest BCUT2D eigenvalue weighted by atomic mass is 10.1. The topological polar surface area (TPSA) is 40.5 Å². The van der Waals surface area contributed by atoms with Crippen molar-refractivity contribution in [2.75, 3.05) is 13.7 Å². The van der Waals surface area contributed by atoms with Crippen molar-refractivity contribution in [3.05, 3.63) is 57.3 Å². The van der Waals surface area contributed by atoms with Crippen LogP contribution in [-0.4, -0.2) is 29.6 Å². The van der Waals surface area contributed by atoms with E-state index in [2.05, 4.69) is 17.9 Å². The molecule has 0 aliphatic rings. The Balaban J connectivity index is 2.07. The first-order chi connectivity index (χ1) is 10.1. The third kappa shape index (κ3) is 4.19. The van der Waals surface area contributed by atoms with Crippen LogP contribution in [0.4, 0.5) is 0 Å². The zero-order valence-electron chi connectivity index (χ0n) is 12.1. The highest BCUT2D eigenvalue weighted by atomic mass is 32.1. The summed E-state index contributed by atoms with van der Waals surface area (Å²) >= 11 is 1.41. The molecule has 1 N–H and O–H groups in total. The molecule has 1 aromatic carbocycles. The van der Waals surface area contributed by atoms with Gasteiger partial charge in [-0.3, -0.25) is 4.79 Å². The summed E-state index contributed by atoms with van der Waals surface area (Å²) in [6.45, 7) is 2.44. The number of aliphatic hydroxyl groups is 1. The van der Waals surface area contributed by atoms with E-state index >= 15 is 0 Å². The van der Waals surface area contributed by atoms with E-state index < -0.39 is 0 Å². The van der Waals surface area contributed by atoms with Gasteiger partial charge < -0.3 is 10.0 Å². The summed E-state index contributed by atoms with van der Waals surface area (Å²) in [5, 5.41) is 10.5. The van der Waals surface area contributed by atoms with Crippen molar-refractivity contribution in [1.29, 1.82) is 0 Å². The molecule has 0 spiro atoms. The second kappa shape index (κ2) is 7.07. The quantitative estimate of drug-likeness (QED) is 0.885. The third-order valence-corrected chi connectivity index (χ3v) is 3.83. The summed E-state index contributed by atoms with van der Waals surface area (Å²) in [7, 11) is 1.79. The van der Waals surface area contributed by atoms with E-state index in [-0.39, 0.29) is 12.5 Å². The van der Waals surface area contributed by atoms with Crippen LogP contribution in [0.15, 0.2) is 35.7 Å². The van der Waals surface area contributed by atoms with Crippen LogP contribution in [0.2, 0.25) is 0 Å². The van der Waals surface area contributed by atoms with E-state index in [1.165, 1.54) is 16.9 Å². The Hall–Kier alpha value is -2.09. The summed E-state index contributed by atoms with van der Waals surface area (Å²) in [4.78, 5) is 14.8. The Morgan fingerprint density at radius 1 is 1.38 bits per heavy atom. The molecular formula is C17H17NO2S. The average molecular weight is 299 g/mol. The second-order valence-electron chi connectivity index (χ2n) is 4.81. The van der Waals surface area contributed by atoms with Crippen molar-refractivity contribution >= 4 is 17.2 Å². The van der Waals surface area contributed by atoms with Crippen LogP contribution in [0.25, 0.3) is 0 Å². The summed E-state index contributed by atoms with van der Waals surface area (Å²) in [5.41, 5.74) is 2.93. The highest BCUT2D eigenvalue weighted by Gasteiger charge is 2.13. The fourth-order valence-electron chi connectivity index (χ4n) is 2.02. The van der Waals surface area contributed by atoms with Crippen molar-refractivity contribution in [3.8, 4) is 11.8 Å². The summed E-state index contributed by atoms with van der Waals surface area (Å²) < 4.78 is 0.